The molecule has 1 saturated heterocycles. The second-order valence-corrected chi connectivity index (χ2v) is 5.74. The largest absolute Gasteiger partial charge is 0.478 e. The van der Waals surface area contributed by atoms with Crippen LogP contribution < -0.4 is 0 Å². The van der Waals surface area contributed by atoms with Crippen LogP contribution in [0.15, 0.2) is 18.2 Å². The van der Waals surface area contributed by atoms with Crippen molar-refractivity contribution in [1.82, 2.24) is 9.80 Å². The molecule has 1 fully saturated rings. The number of alkyl halides is 3. The third-order valence-electron chi connectivity index (χ3n) is 4.10. The van der Waals surface area contributed by atoms with E-state index in [9.17, 15) is 18.0 Å². The number of carbonyl (C=O) groups is 1. The minimum absolute atomic E-state index is 0.120. The van der Waals surface area contributed by atoms with Crippen molar-refractivity contribution in [2.45, 2.75) is 25.7 Å². The van der Waals surface area contributed by atoms with Crippen molar-refractivity contribution >= 4 is 5.97 Å². The van der Waals surface area contributed by atoms with Gasteiger partial charge in [-0.3, -0.25) is 4.90 Å². The summed E-state index contributed by atoms with van der Waals surface area (Å²) in [6.45, 7) is 4.39. The monoisotopic (exact) mass is 316 g/mol. The van der Waals surface area contributed by atoms with Gasteiger partial charge in [0.05, 0.1) is 11.1 Å². The third kappa shape index (κ3) is 3.78. The molecule has 4 nitrogen and oxygen atoms in total. The van der Waals surface area contributed by atoms with Gasteiger partial charge < -0.3 is 10.0 Å². The molecule has 2 rings (SSSR count). The van der Waals surface area contributed by atoms with E-state index in [1.807, 2.05) is 18.9 Å². The lowest BCUT2D eigenvalue weighted by Gasteiger charge is -2.38. The van der Waals surface area contributed by atoms with Gasteiger partial charge in [-0.2, -0.15) is 13.2 Å². The summed E-state index contributed by atoms with van der Waals surface area (Å²) in [5.41, 5.74) is -1.09. The van der Waals surface area contributed by atoms with Gasteiger partial charge >= 0.3 is 12.1 Å². The lowest BCUT2D eigenvalue weighted by molar-refractivity contribution is -0.138. The van der Waals surface area contributed by atoms with Gasteiger partial charge in [0.2, 0.25) is 0 Å². The van der Waals surface area contributed by atoms with Crippen LogP contribution in [0.4, 0.5) is 13.2 Å². The van der Waals surface area contributed by atoms with E-state index < -0.39 is 17.7 Å². The summed E-state index contributed by atoms with van der Waals surface area (Å²) in [5, 5.41) is 8.87. The number of piperazine rings is 1. The van der Waals surface area contributed by atoms with Gasteiger partial charge in [-0.1, -0.05) is 6.07 Å². The summed E-state index contributed by atoms with van der Waals surface area (Å²) in [6.07, 6.45) is -4.56. The SMILES string of the molecule is CC1CN(Cc2ccc(C(=O)O)cc2C(F)(F)F)CCN1C. The quantitative estimate of drug-likeness (QED) is 0.931. The van der Waals surface area contributed by atoms with Crippen LogP contribution in [0.5, 0.6) is 0 Å². The number of hydrogen-bond acceptors (Lipinski definition) is 3. The fourth-order valence-corrected chi connectivity index (χ4v) is 2.62. The summed E-state index contributed by atoms with van der Waals surface area (Å²) >= 11 is 0. The first-order valence-electron chi connectivity index (χ1n) is 7.04. The minimum atomic E-state index is -4.56. The molecule has 0 aromatic heterocycles. The van der Waals surface area contributed by atoms with E-state index in [4.69, 9.17) is 5.11 Å². The van der Waals surface area contributed by atoms with Crippen LogP contribution in [0.25, 0.3) is 0 Å². The highest BCUT2D eigenvalue weighted by molar-refractivity contribution is 5.88. The summed E-state index contributed by atoms with van der Waals surface area (Å²) in [5.74, 6) is -1.36. The molecule has 1 atom stereocenters. The number of hydrogen-bond donors (Lipinski definition) is 1. The third-order valence-corrected chi connectivity index (χ3v) is 4.10. The molecular formula is C15H19F3N2O2. The average Bonchev–Trinajstić information content (AvgIpc) is 2.42. The van der Waals surface area contributed by atoms with Crippen LogP contribution in [0.1, 0.15) is 28.4 Å². The van der Waals surface area contributed by atoms with Crippen LogP contribution >= 0.6 is 0 Å². The Kier molecular flexibility index (Phi) is 4.77. The van der Waals surface area contributed by atoms with E-state index in [1.54, 1.807) is 0 Å². The van der Waals surface area contributed by atoms with Crippen molar-refractivity contribution < 1.29 is 23.1 Å². The van der Waals surface area contributed by atoms with Gasteiger partial charge in [0.1, 0.15) is 0 Å². The average molecular weight is 316 g/mol. The molecule has 0 bridgehead atoms. The Bertz CT molecular complexity index is 560. The van der Waals surface area contributed by atoms with E-state index in [0.717, 1.165) is 12.6 Å². The Labute approximate surface area is 127 Å². The molecule has 122 valence electrons. The maximum Gasteiger partial charge on any atom is 0.416 e. The zero-order chi connectivity index (χ0) is 16.5. The van der Waals surface area contributed by atoms with E-state index in [2.05, 4.69) is 4.90 Å². The fraction of sp³-hybridized carbons (Fsp3) is 0.533. The molecule has 1 aromatic rings. The number of likely N-dealkylation sites (N-methyl/N-ethyl adjacent to an activating group) is 1. The molecule has 0 saturated carbocycles. The van der Waals surface area contributed by atoms with Gasteiger partial charge in [-0.05, 0) is 31.7 Å². The molecule has 1 aliphatic rings. The molecule has 1 unspecified atom stereocenters. The Morgan fingerprint density at radius 1 is 1.36 bits per heavy atom. The highest BCUT2D eigenvalue weighted by Crippen LogP contribution is 2.33. The zero-order valence-corrected chi connectivity index (χ0v) is 12.5. The topological polar surface area (TPSA) is 43.8 Å². The van der Waals surface area contributed by atoms with Gasteiger partial charge in [0.15, 0.2) is 0 Å². The Morgan fingerprint density at radius 2 is 2.05 bits per heavy atom. The van der Waals surface area contributed by atoms with Crippen molar-refractivity contribution in [3.05, 3.63) is 34.9 Å². The second-order valence-electron chi connectivity index (χ2n) is 5.74. The second kappa shape index (κ2) is 6.26. The molecule has 1 N–H and O–H groups in total. The van der Waals surface area contributed by atoms with E-state index >= 15 is 0 Å². The molecule has 0 radical (unpaired) electrons. The van der Waals surface area contributed by atoms with Crippen LogP contribution in [0.2, 0.25) is 0 Å². The summed E-state index contributed by atoms with van der Waals surface area (Å²) in [4.78, 5) is 15.0. The zero-order valence-electron chi connectivity index (χ0n) is 12.5. The standard InChI is InChI=1S/C15H19F3N2O2/c1-10-8-20(6-5-19(10)2)9-12-4-3-11(14(21)22)7-13(12)15(16,17)18/h3-4,7,10H,5-6,8-9H2,1-2H3,(H,21,22). The maximum absolute atomic E-state index is 13.2. The summed E-state index contributed by atoms with van der Waals surface area (Å²) in [7, 11) is 1.99. The number of nitrogens with zero attached hydrogens (tertiary/aromatic N) is 2. The van der Waals surface area contributed by atoms with Gasteiger partial charge in [0.25, 0.3) is 0 Å². The Morgan fingerprint density at radius 3 is 2.59 bits per heavy atom. The number of benzene rings is 1. The van der Waals surface area contributed by atoms with E-state index in [1.165, 1.54) is 12.1 Å². The molecule has 7 heteroatoms. The Hall–Kier alpha value is -1.60. The lowest BCUT2D eigenvalue weighted by Crippen LogP contribution is -2.49. The first-order chi connectivity index (χ1) is 10.2. The van der Waals surface area contributed by atoms with E-state index in [-0.39, 0.29) is 23.7 Å². The number of carboxylic acids is 1. The maximum atomic E-state index is 13.2. The first-order valence-corrected chi connectivity index (χ1v) is 7.04. The van der Waals surface area contributed by atoms with Crippen molar-refractivity contribution in [3.8, 4) is 0 Å². The summed E-state index contributed by atoms with van der Waals surface area (Å²) in [6, 6.07) is 3.50. The lowest BCUT2D eigenvalue weighted by atomic mass is 10.0. The minimum Gasteiger partial charge on any atom is -0.478 e. The van der Waals surface area contributed by atoms with Gasteiger partial charge in [-0.25, -0.2) is 4.79 Å². The van der Waals surface area contributed by atoms with Crippen LogP contribution in [-0.4, -0.2) is 53.6 Å². The number of halogens is 3. The van der Waals surface area contributed by atoms with Crippen LogP contribution in [0, 0.1) is 0 Å². The smallest absolute Gasteiger partial charge is 0.416 e. The number of rotatable bonds is 3. The number of aromatic carboxylic acids is 1. The molecule has 0 aliphatic carbocycles. The fourth-order valence-electron chi connectivity index (χ4n) is 2.62. The van der Waals surface area contributed by atoms with Gasteiger partial charge in [0, 0.05) is 32.2 Å². The predicted molar refractivity (Wildman–Crippen MR) is 75.8 cm³/mol. The van der Waals surface area contributed by atoms with Crippen molar-refractivity contribution in [2.24, 2.45) is 0 Å². The van der Waals surface area contributed by atoms with E-state index in [0.29, 0.717) is 13.1 Å². The molecule has 0 amide bonds. The highest BCUT2D eigenvalue weighted by atomic mass is 19.4. The molecule has 1 aliphatic heterocycles. The van der Waals surface area contributed by atoms with Crippen molar-refractivity contribution in [3.63, 3.8) is 0 Å². The molecular weight excluding hydrogens is 297 g/mol. The van der Waals surface area contributed by atoms with Crippen LogP contribution in [0.3, 0.4) is 0 Å². The highest BCUT2D eigenvalue weighted by Gasteiger charge is 2.35. The van der Waals surface area contributed by atoms with Crippen LogP contribution in [-0.2, 0) is 12.7 Å². The molecule has 0 spiro atoms. The molecule has 1 heterocycles. The summed E-state index contributed by atoms with van der Waals surface area (Å²) < 4.78 is 39.5. The van der Waals surface area contributed by atoms with Crippen molar-refractivity contribution in [2.75, 3.05) is 26.7 Å². The normalized spacial score (nSPS) is 21.0. The molecule has 22 heavy (non-hydrogen) atoms. The molecule has 1 aromatic carbocycles. The van der Waals surface area contributed by atoms with Gasteiger partial charge in [-0.15, -0.1) is 0 Å². The number of carboxylic acid groups (broad SMARTS) is 1. The van der Waals surface area contributed by atoms with Crippen molar-refractivity contribution in [1.29, 1.82) is 0 Å². The Balaban J connectivity index is 2.25. The first kappa shape index (κ1) is 16.8. The predicted octanol–water partition coefficient (Wildman–Crippen LogP) is 2.54.